The van der Waals surface area contributed by atoms with Crippen molar-refractivity contribution >= 4 is 5.97 Å². The Kier molecular flexibility index (Phi) is 4.54. The molecule has 3 nitrogen and oxygen atoms in total. The van der Waals surface area contributed by atoms with Crippen LogP contribution in [0.25, 0.3) is 0 Å². The van der Waals surface area contributed by atoms with Crippen molar-refractivity contribution in [2.75, 3.05) is 6.73 Å². The first kappa shape index (κ1) is 10.3. The van der Waals surface area contributed by atoms with Crippen LogP contribution >= 0.6 is 0 Å². The largest absolute Gasteiger partial charge is 0.447 e. The molecule has 0 radical (unpaired) electrons. The molecule has 1 saturated carbocycles. The van der Waals surface area contributed by atoms with E-state index < -0.39 is 0 Å². The van der Waals surface area contributed by atoms with Gasteiger partial charge in [-0.2, -0.15) is 0 Å². The van der Waals surface area contributed by atoms with Gasteiger partial charge in [0.25, 0.3) is 0 Å². The second-order valence-electron chi connectivity index (χ2n) is 3.35. The van der Waals surface area contributed by atoms with E-state index in [1.54, 1.807) is 0 Å². The summed E-state index contributed by atoms with van der Waals surface area (Å²) in [4.78, 5) is 10.7. The summed E-state index contributed by atoms with van der Waals surface area (Å²) in [6.07, 6.45) is 7.49. The average Bonchev–Trinajstić information content (AvgIpc) is 2.19. The third-order valence-electron chi connectivity index (χ3n) is 2.36. The van der Waals surface area contributed by atoms with Crippen LogP contribution in [0.5, 0.6) is 0 Å². The van der Waals surface area contributed by atoms with E-state index in [4.69, 9.17) is 4.74 Å². The molecule has 1 N–H and O–H groups in total. The van der Waals surface area contributed by atoms with Gasteiger partial charge in [-0.15, -0.1) is 0 Å². The quantitative estimate of drug-likeness (QED) is 0.408. The molecule has 74 valence electrons. The fraction of sp³-hybridized carbons (Fsp3) is 0.700. The van der Waals surface area contributed by atoms with Gasteiger partial charge in [0.05, 0.1) is 0 Å². The van der Waals surface area contributed by atoms with Crippen molar-refractivity contribution in [3.63, 3.8) is 0 Å². The minimum atomic E-state index is -0.358. The maximum atomic E-state index is 10.7. The summed E-state index contributed by atoms with van der Waals surface area (Å²) >= 11 is 0. The lowest BCUT2D eigenvalue weighted by molar-refractivity contribution is -0.138. The van der Waals surface area contributed by atoms with E-state index in [-0.39, 0.29) is 5.97 Å². The van der Waals surface area contributed by atoms with Gasteiger partial charge in [-0.25, -0.2) is 4.79 Å². The fourth-order valence-corrected chi connectivity index (χ4v) is 1.60. The Morgan fingerprint density at radius 3 is 2.77 bits per heavy atom. The molecule has 0 aromatic heterocycles. The molecule has 0 atom stereocenters. The van der Waals surface area contributed by atoms with Crippen molar-refractivity contribution in [3.05, 3.63) is 12.7 Å². The predicted octanol–water partition coefficient (Wildman–Crippen LogP) is 1.60. The molecule has 0 spiro atoms. The van der Waals surface area contributed by atoms with Crippen molar-refractivity contribution < 1.29 is 9.53 Å². The first-order chi connectivity index (χ1) is 6.33. The molecule has 0 unspecified atom stereocenters. The maximum Gasteiger partial charge on any atom is 0.331 e. The number of esters is 1. The summed E-state index contributed by atoms with van der Waals surface area (Å²) in [6, 6.07) is 0.534. The third-order valence-corrected chi connectivity index (χ3v) is 2.36. The van der Waals surface area contributed by atoms with E-state index in [9.17, 15) is 4.79 Å². The second-order valence-corrected chi connectivity index (χ2v) is 3.35. The summed E-state index contributed by atoms with van der Waals surface area (Å²) in [5.74, 6) is -0.358. The van der Waals surface area contributed by atoms with Gasteiger partial charge < -0.3 is 4.74 Å². The molecule has 0 amide bonds. The maximum absolute atomic E-state index is 10.7. The highest BCUT2D eigenvalue weighted by atomic mass is 16.5. The Hall–Kier alpha value is -0.830. The van der Waals surface area contributed by atoms with E-state index in [1.165, 1.54) is 38.2 Å². The van der Waals surface area contributed by atoms with E-state index in [0.717, 1.165) is 0 Å². The normalized spacial score (nSPS) is 18.2. The van der Waals surface area contributed by atoms with Crippen molar-refractivity contribution in [1.82, 2.24) is 5.32 Å². The number of nitrogens with one attached hydrogen (secondary N) is 1. The van der Waals surface area contributed by atoms with Crippen LogP contribution in [0.3, 0.4) is 0 Å². The minimum Gasteiger partial charge on any atom is -0.447 e. The molecule has 1 aliphatic carbocycles. The molecule has 0 heterocycles. The Labute approximate surface area is 79.2 Å². The molecule has 0 aliphatic heterocycles. The zero-order chi connectivity index (χ0) is 9.52. The summed E-state index contributed by atoms with van der Waals surface area (Å²) < 4.78 is 4.83. The van der Waals surface area contributed by atoms with E-state index in [1.807, 2.05) is 0 Å². The number of hydrogen-bond acceptors (Lipinski definition) is 3. The van der Waals surface area contributed by atoms with Crippen LogP contribution in [-0.4, -0.2) is 18.7 Å². The highest BCUT2D eigenvalue weighted by Gasteiger charge is 2.12. The number of carbonyl (C=O) groups excluding carboxylic acids is 1. The standard InChI is InChI=1S/C10H17NO2/c1-2-10(12)13-8-11-9-6-4-3-5-7-9/h2,9,11H,1,3-8H2. The van der Waals surface area contributed by atoms with Gasteiger partial charge in [-0.05, 0) is 12.8 Å². The molecular formula is C10H17NO2. The Morgan fingerprint density at radius 1 is 1.46 bits per heavy atom. The van der Waals surface area contributed by atoms with Crippen LogP contribution in [0.4, 0.5) is 0 Å². The molecule has 0 aromatic carbocycles. The monoisotopic (exact) mass is 183 g/mol. The molecule has 0 saturated heterocycles. The van der Waals surface area contributed by atoms with E-state index in [0.29, 0.717) is 12.8 Å². The summed E-state index contributed by atoms with van der Waals surface area (Å²) in [5.41, 5.74) is 0. The minimum absolute atomic E-state index is 0.315. The molecule has 3 heteroatoms. The summed E-state index contributed by atoms with van der Waals surface area (Å²) in [7, 11) is 0. The van der Waals surface area contributed by atoms with Gasteiger partial charge in [-0.1, -0.05) is 25.8 Å². The van der Waals surface area contributed by atoms with E-state index >= 15 is 0 Å². The van der Waals surface area contributed by atoms with Gasteiger partial charge in [0.15, 0.2) is 0 Å². The van der Waals surface area contributed by atoms with Crippen molar-refractivity contribution in [2.24, 2.45) is 0 Å². The summed E-state index contributed by atoms with van der Waals surface area (Å²) in [6.45, 7) is 3.64. The summed E-state index contributed by atoms with van der Waals surface area (Å²) in [5, 5.41) is 3.20. The molecule has 0 bridgehead atoms. The van der Waals surface area contributed by atoms with Gasteiger partial charge in [0, 0.05) is 12.1 Å². The third kappa shape index (κ3) is 4.08. The molecular weight excluding hydrogens is 166 g/mol. The van der Waals surface area contributed by atoms with Gasteiger partial charge in [0.2, 0.25) is 0 Å². The first-order valence-electron chi connectivity index (χ1n) is 4.85. The van der Waals surface area contributed by atoms with Gasteiger partial charge in [-0.3, -0.25) is 5.32 Å². The SMILES string of the molecule is C=CC(=O)OCNC1CCCCC1. The van der Waals surface area contributed by atoms with E-state index in [2.05, 4.69) is 11.9 Å². The first-order valence-corrected chi connectivity index (χ1v) is 4.85. The van der Waals surface area contributed by atoms with Crippen LogP contribution in [0, 0.1) is 0 Å². The highest BCUT2D eigenvalue weighted by molar-refractivity contribution is 5.81. The highest BCUT2D eigenvalue weighted by Crippen LogP contribution is 2.16. The molecule has 13 heavy (non-hydrogen) atoms. The zero-order valence-corrected chi connectivity index (χ0v) is 7.92. The number of hydrogen-bond donors (Lipinski definition) is 1. The van der Waals surface area contributed by atoms with Crippen LogP contribution < -0.4 is 5.32 Å². The Morgan fingerprint density at radius 2 is 2.15 bits per heavy atom. The number of rotatable bonds is 4. The van der Waals surface area contributed by atoms with Crippen LogP contribution in [0.1, 0.15) is 32.1 Å². The molecule has 1 rings (SSSR count). The van der Waals surface area contributed by atoms with Crippen LogP contribution in [0.2, 0.25) is 0 Å². The average molecular weight is 183 g/mol. The lowest BCUT2D eigenvalue weighted by atomic mass is 9.96. The predicted molar refractivity (Wildman–Crippen MR) is 51.2 cm³/mol. The van der Waals surface area contributed by atoms with Gasteiger partial charge >= 0.3 is 5.97 Å². The van der Waals surface area contributed by atoms with Crippen molar-refractivity contribution in [3.8, 4) is 0 Å². The Bertz CT molecular complexity index is 174. The second kappa shape index (κ2) is 5.75. The van der Waals surface area contributed by atoms with Crippen molar-refractivity contribution in [2.45, 2.75) is 38.1 Å². The van der Waals surface area contributed by atoms with Crippen molar-refractivity contribution in [1.29, 1.82) is 0 Å². The lowest BCUT2D eigenvalue weighted by Crippen LogP contribution is -2.33. The van der Waals surface area contributed by atoms with Crippen LogP contribution in [0.15, 0.2) is 12.7 Å². The van der Waals surface area contributed by atoms with Crippen LogP contribution in [-0.2, 0) is 9.53 Å². The topological polar surface area (TPSA) is 38.3 Å². The molecule has 1 fully saturated rings. The fourth-order valence-electron chi connectivity index (χ4n) is 1.60. The number of ether oxygens (including phenoxy) is 1. The number of carbonyl (C=O) groups is 1. The molecule has 1 aliphatic rings. The Balaban J connectivity index is 2.04. The smallest absolute Gasteiger partial charge is 0.331 e. The zero-order valence-electron chi connectivity index (χ0n) is 7.92. The van der Waals surface area contributed by atoms with Gasteiger partial charge in [0.1, 0.15) is 6.73 Å². The lowest BCUT2D eigenvalue weighted by Gasteiger charge is -2.22. The molecule has 0 aromatic rings.